The lowest BCUT2D eigenvalue weighted by Crippen LogP contribution is -2.23. The van der Waals surface area contributed by atoms with Crippen molar-refractivity contribution >= 4 is 33.4 Å². The van der Waals surface area contributed by atoms with Gasteiger partial charge in [0.05, 0.1) is 11.2 Å². The van der Waals surface area contributed by atoms with Gasteiger partial charge in [-0.1, -0.05) is 39.7 Å². The van der Waals surface area contributed by atoms with Crippen molar-refractivity contribution in [1.82, 2.24) is 15.1 Å². The van der Waals surface area contributed by atoms with Crippen molar-refractivity contribution < 1.29 is 9.53 Å². The number of carbonyl (C=O) groups is 1. The zero-order valence-corrected chi connectivity index (χ0v) is 17.3. The van der Waals surface area contributed by atoms with Crippen molar-refractivity contribution in [2.75, 3.05) is 0 Å². The molecule has 1 N–H and O–H groups in total. The Labute approximate surface area is 171 Å². The third-order valence-corrected chi connectivity index (χ3v) is 5.07. The fraction of sp³-hybridized carbons (Fsp3) is 0.200. The lowest BCUT2D eigenvalue weighted by Gasteiger charge is -2.09. The number of hydrogen-bond acceptors (Lipinski definition) is 3. The first kappa shape index (κ1) is 19.5. The summed E-state index contributed by atoms with van der Waals surface area (Å²) >= 11 is 9.51. The first-order chi connectivity index (χ1) is 12.9. The van der Waals surface area contributed by atoms with E-state index in [9.17, 15) is 4.79 Å². The first-order valence-electron chi connectivity index (χ1n) is 8.36. The smallest absolute Gasteiger partial charge is 0.251 e. The normalized spacial score (nSPS) is 10.7. The van der Waals surface area contributed by atoms with E-state index in [2.05, 4.69) is 26.3 Å². The molecule has 0 aliphatic rings. The van der Waals surface area contributed by atoms with Crippen molar-refractivity contribution in [3.63, 3.8) is 0 Å². The maximum absolute atomic E-state index is 12.3. The van der Waals surface area contributed by atoms with Crippen molar-refractivity contribution in [2.24, 2.45) is 7.05 Å². The third-order valence-electron chi connectivity index (χ3n) is 4.28. The van der Waals surface area contributed by atoms with Crippen LogP contribution in [0.15, 0.2) is 53.1 Å². The average molecular weight is 449 g/mol. The van der Waals surface area contributed by atoms with Gasteiger partial charge in [0.1, 0.15) is 12.4 Å². The Morgan fingerprint density at radius 2 is 2.00 bits per heavy atom. The number of aromatic nitrogens is 2. The molecule has 1 heterocycles. The Kier molecular flexibility index (Phi) is 6.19. The number of hydrogen-bond donors (Lipinski definition) is 1. The second-order valence-corrected chi connectivity index (χ2v) is 7.44. The summed E-state index contributed by atoms with van der Waals surface area (Å²) < 4.78 is 8.42. The van der Waals surface area contributed by atoms with Gasteiger partial charge in [0.15, 0.2) is 0 Å². The van der Waals surface area contributed by atoms with Gasteiger partial charge in [0, 0.05) is 34.9 Å². The third kappa shape index (κ3) is 4.90. The van der Waals surface area contributed by atoms with Crippen molar-refractivity contribution in [1.29, 1.82) is 0 Å². The fourth-order valence-corrected chi connectivity index (χ4v) is 3.23. The van der Waals surface area contributed by atoms with Crippen LogP contribution in [0.1, 0.15) is 27.2 Å². The predicted octanol–water partition coefficient (Wildman–Crippen LogP) is 4.65. The van der Waals surface area contributed by atoms with E-state index in [4.69, 9.17) is 16.3 Å². The number of nitrogens with zero attached hydrogens (tertiary/aromatic N) is 2. The SMILES string of the molecule is Cc1c(CNC(=O)c2ccc(COc3ccc(Br)cc3Cl)cc2)cnn1C. The topological polar surface area (TPSA) is 56.1 Å². The summed E-state index contributed by atoms with van der Waals surface area (Å²) in [6, 6.07) is 12.8. The molecule has 27 heavy (non-hydrogen) atoms. The maximum atomic E-state index is 12.3. The molecule has 7 heteroatoms. The molecule has 0 unspecified atom stereocenters. The number of rotatable bonds is 6. The van der Waals surface area contributed by atoms with E-state index in [-0.39, 0.29) is 5.91 Å². The van der Waals surface area contributed by atoms with E-state index in [0.29, 0.717) is 29.5 Å². The summed E-state index contributed by atoms with van der Waals surface area (Å²) in [6.45, 7) is 2.80. The van der Waals surface area contributed by atoms with E-state index < -0.39 is 0 Å². The molecule has 0 spiro atoms. The summed E-state index contributed by atoms with van der Waals surface area (Å²) in [5.41, 5.74) is 3.59. The van der Waals surface area contributed by atoms with E-state index in [1.807, 2.05) is 38.2 Å². The molecular formula is C20H19BrClN3O2. The summed E-state index contributed by atoms with van der Waals surface area (Å²) in [5, 5.41) is 7.64. The van der Waals surface area contributed by atoms with Gasteiger partial charge in [0.25, 0.3) is 5.91 Å². The van der Waals surface area contributed by atoms with Crippen LogP contribution in [0.5, 0.6) is 5.75 Å². The van der Waals surface area contributed by atoms with Gasteiger partial charge in [0.2, 0.25) is 0 Å². The van der Waals surface area contributed by atoms with Crippen molar-refractivity contribution in [3.8, 4) is 5.75 Å². The highest BCUT2D eigenvalue weighted by atomic mass is 79.9. The largest absolute Gasteiger partial charge is 0.487 e. The molecule has 3 aromatic rings. The molecule has 0 radical (unpaired) electrons. The molecule has 0 saturated heterocycles. The maximum Gasteiger partial charge on any atom is 0.251 e. The number of amides is 1. The predicted molar refractivity (Wildman–Crippen MR) is 109 cm³/mol. The van der Waals surface area contributed by atoms with Crippen LogP contribution in [0, 0.1) is 6.92 Å². The van der Waals surface area contributed by atoms with Crippen LogP contribution in [0.4, 0.5) is 0 Å². The summed E-state index contributed by atoms with van der Waals surface area (Å²) in [4.78, 5) is 12.3. The summed E-state index contributed by atoms with van der Waals surface area (Å²) in [6.07, 6.45) is 1.77. The molecule has 5 nitrogen and oxygen atoms in total. The van der Waals surface area contributed by atoms with Crippen LogP contribution in [-0.4, -0.2) is 15.7 Å². The van der Waals surface area contributed by atoms with Crippen LogP contribution in [0.25, 0.3) is 0 Å². The van der Waals surface area contributed by atoms with Crippen LogP contribution in [-0.2, 0) is 20.2 Å². The first-order valence-corrected chi connectivity index (χ1v) is 9.53. The van der Waals surface area contributed by atoms with E-state index in [1.165, 1.54) is 0 Å². The molecule has 0 bridgehead atoms. The van der Waals surface area contributed by atoms with Gasteiger partial charge in [-0.3, -0.25) is 9.48 Å². The van der Waals surface area contributed by atoms with Gasteiger partial charge in [-0.2, -0.15) is 5.10 Å². The zero-order chi connectivity index (χ0) is 19.4. The minimum absolute atomic E-state index is 0.123. The Hall–Kier alpha value is -2.31. The van der Waals surface area contributed by atoms with Crippen molar-refractivity contribution in [2.45, 2.75) is 20.1 Å². The van der Waals surface area contributed by atoms with Crippen LogP contribution in [0.3, 0.4) is 0 Å². The molecule has 0 aliphatic heterocycles. The lowest BCUT2D eigenvalue weighted by molar-refractivity contribution is 0.0951. The van der Waals surface area contributed by atoms with Crippen LogP contribution >= 0.6 is 27.5 Å². The molecule has 0 atom stereocenters. The molecule has 1 aromatic heterocycles. The van der Waals surface area contributed by atoms with Gasteiger partial charge in [-0.15, -0.1) is 0 Å². The van der Waals surface area contributed by atoms with Crippen LogP contribution < -0.4 is 10.1 Å². The fourth-order valence-electron chi connectivity index (χ4n) is 2.50. The minimum atomic E-state index is -0.123. The molecule has 2 aromatic carbocycles. The Morgan fingerprint density at radius 1 is 1.26 bits per heavy atom. The number of halogens is 2. The summed E-state index contributed by atoms with van der Waals surface area (Å²) in [7, 11) is 1.88. The molecule has 0 aliphatic carbocycles. The average Bonchev–Trinajstić information content (AvgIpc) is 2.98. The monoisotopic (exact) mass is 447 g/mol. The molecule has 0 fully saturated rings. The lowest BCUT2D eigenvalue weighted by atomic mass is 10.1. The highest BCUT2D eigenvalue weighted by molar-refractivity contribution is 9.10. The van der Waals surface area contributed by atoms with Gasteiger partial charge in [-0.25, -0.2) is 0 Å². The highest BCUT2D eigenvalue weighted by Gasteiger charge is 2.09. The standard InChI is InChI=1S/C20H19BrClN3O2/c1-13-16(11-24-25(13)2)10-23-20(26)15-5-3-14(4-6-15)12-27-19-8-7-17(21)9-18(19)22/h3-9,11H,10,12H2,1-2H3,(H,23,26). The molecule has 3 rings (SSSR count). The van der Waals surface area contributed by atoms with Gasteiger partial charge in [-0.05, 0) is 42.8 Å². The quantitative estimate of drug-likeness (QED) is 0.597. The number of benzene rings is 2. The molecule has 0 saturated carbocycles. The number of nitrogens with one attached hydrogen (secondary N) is 1. The number of ether oxygens (including phenoxy) is 1. The van der Waals surface area contributed by atoms with Crippen LogP contribution in [0.2, 0.25) is 5.02 Å². The van der Waals surface area contributed by atoms with Gasteiger partial charge >= 0.3 is 0 Å². The number of carbonyl (C=O) groups excluding carboxylic acids is 1. The Bertz CT molecular complexity index is 954. The summed E-state index contributed by atoms with van der Waals surface area (Å²) in [5.74, 6) is 0.496. The minimum Gasteiger partial charge on any atom is -0.487 e. The van der Waals surface area contributed by atoms with E-state index in [1.54, 1.807) is 29.1 Å². The molecule has 1 amide bonds. The second kappa shape index (κ2) is 8.59. The van der Waals surface area contributed by atoms with Gasteiger partial charge < -0.3 is 10.1 Å². The highest BCUT2D eigenvalue weighted by Crippen LogP contribution is 2.28. The Balaban J connectivity index is 1.56. The second-order valence-electron chi connectivity index (χ2n) is 6.12. The van der Waals surface area contributed by atoms with Crippen molar-refractivity contribution in [3.05, 3.63) is 80.5 Å². The zero-order valence-electron chi connectivity index (χ0n) is 15.0. The number of aryl methyl sites for hydroxylation is 1. The molecule has 140 valence electrons. The van der Waals surface area contributed by atoms with E-state index in [0.717, 1.165) is 21.3 Å². The Morgan fingerprint density at radius 3 is 2.63 bits per heavy atom. The molecular weight excluding hydrogens is 430 g/mol. The van der Waals surface area contributed by atoms with E-state index >= 15 is 0 Å².